The van der Waals surface area contributed by atoms with Crippen LogP contribution in [-0.2, 0) is 4.79 Å². The molecule has 0 aliphatic heterocycles. The number of amides is 1. The molecule has 0 saturated carbocycles. The van der Waals surface area contributed by atoms with Gasteiger partial charge in [-0.15, -0.1) is 0 Å². The van der Waals surface area contributed by atoms with Crippen LogP contribution in [0.15, 0.2) is 0 Å². The zero-order valence-corrected chi connectivity index (χ0v) is 9.50. The Balaban J connectivity index is 3.81. The van der Waals surface area contributed by atoms with Crippen LogP contribution in [0.3, 0.4) is 0 Å². The molecule has 0 aliphatic carbocycles. The second-order valence-corrected chi connectivity index (χ2v) is 3.89. The second-order valence-electron chi connectivity index (χ2n) is 3.89. The van der Waals surface area contributed by atoms with Crippen LogP contribution in [0.2, 0.25) is 0 Å². The lowest BCUT2D eigenvalue weighted by molar-refractivity contribution is -0.121. The van der Waals surface area contributed by atoms with Crippen molar-refractivity contribution in [1.82, 2.24) is 10.6 Å². The lowest BCUT2D eigenvalue weighted by atomic mass is 10.0. The van der Waals surface area contributed by atoms with Crippen molar-refractivity contribution in [3.8, 4) is 0 Å². The third kappa shape index (κ3) is 5.19. The van der Waals surface area contributed by atoms with Gasteiger partial charge >= 0.3 is 0 Å². The molecule has 14 heavy (non-hydrogen) atoms. The average Bonchev–Trinajstić information content (AvgIpc) is 2.15. The van der Waals surface area contributed by atoms with Crippen LogP contribution in [0.5, 0.6) is 0 Å². The number of carbonyl (C=O) groups is 1. The molecule has 3 N–H and O–H groups in total. The van der Waals surface area contributed by atoms with Crippen molar-refractivity contribution in [2.45, 2.75) is 39.3 Å². The normalized spacial score (nSPS) is 17.2. The number of aliphatic hydroxyl groups excluding tert-OH is 1. The molecule has 1 amide bonds. The molecule has 4 nitrogen and oxygen atoms in total. The molecule has 0 aromatic carbocycles. The van der Waals surface area contributed by atoms with E-state index in [1.165, 1.54) is 0 Å². The predicted octanol–water partition coefficient (Wildman–Crippen LogP) is 0.118. The van der Waals surface area contributed by atoms with Crippen LogP contribution >= 0.6 is 0 Å². The van der Waals surface area contributed by atoms with Crippen molar-refractivity contribution in [2.75, 3.05) is 13.7 Å². The maximum Gasteiger partial charge on any atom is 0.221 e. The van der Waals surface area contributed by atoms with Gasteiger partial charge in [0.15, 0.2) is 0 Å². The van der Waals surface area contributed by atoms with Gasteiger partial charge in [-0.3, -0.25) is 4.79 Å². The Labute approximate surface area is 86.1 Å². The van der Waals surface area contributed by atoms with Gasteiger partial charge in [0.25, 0.3) is 0 Å². The van der Waals surface area contributed by atoms with Gasteiger partial charge in [0.05, 0.1) is 0 Å². The van der Waals surface area contributed by atoms with E-state index in [1.807, 2.05) is 20.8 Å². The minimum atomic E-state index is 0.0360. The van der Waals surface area contributed by atoms with E-state index in [-0.39, 0.29) is 30.5 Å². The fourth-order valence-electron chi connectivity index (χ4n) is 1.21. The highest BCUT2D eigenvalue weighted by Gasteiger charge is 2.15. The van der Waals surface area contributed by atoms with Crippen LogP contribution in [-0.4, -0.2) is 36.8 Å². The van der Waals surface area contributed by atoms with Crippen LogP contribution < -0.4 is 10.6 Å². The van der Waals surface area contributed by atoms with E-state index in [0.29, 0.717) is 6.42 Å². The number of nitrogens with one attached hydrogen (secondary N) is 2. The number of carbonyl (C=O) groups excluding carboxylic acids is 1. The van der Waals surface area contributed by atoms with Crippen molar-refractivity contribution in [3.63, 3.8) is 0 Å². The number of hydrogen-bond acceptors (Lipinski definition) is 3. The molecule has 0 aromatic rings. The molecule has 0 saturated heterocycles. The highest BCUT2D eigenvalue weighted by molar-refractivity contribution is 5.76. The van der Waals surface area contributed by atoms with Gasteiger partial charge in [0.2, 0.25) is 5.91 Å². The molecule has 0 fully saturated rings. The Morgan fingerprint density at radius 2 is 1.93 bits per heavy atom. The zero-order valence-electron chi connectivity index (χ0n) is 9.50. The molecule has 0 bridgehead atoms. The maximum absolute atomic E-state index is 11.0. The summed E-state index contributed by atoms with van der Waals surface area (Å²) in [5, 5.41) is 14.8. The summed E-state index contributed by atoms with van der Waals surface area (Å²) in [5.41, 5.74) is 0. The van der Waals surface area contributed by atoms with Crippen molar-refractivity contribution >= 4 is 5.91 Å². The number of rotatable bonds is 6. The van der Waals surface area contributed by atoms with Gasteiger partial charge in [0.1, 0.15) is 0 Å². The molecule has 0 radical (unpaired) electrons. The van der Waals surface area contributed by atoms with Gasteiger partial charge in [-0.2, -0.15) is 0 Å². The summed E-state index contributed by atoms with van der Waals surface area (Å²) in [6.07, 6.45) is 0.471. The molecule has 3 unspecified atom stereocenters. The molecule has 0 aromatic heterocycles. The van der Waals surface area contributed by atoms with E-state index in [4.69, 9.17) is 5.11 Å². The molecular formula is C10H22N2O2. The summed E-state index contributed by atoms with van der Waals surface area (Å²) in [4.78, 5) is 11.0. The van der Waals surface area contributed by atoms with Gasteiger partial charge in [-0.1, -0.05) is 6.92 Å². The third-order valence-electron chi connectivity index (χ3n) is 2.46. The van der Waals surface area contributed by atoms with E-state index in [1.54, 1.807) is 7.05 Å². The molecule has 84 valence electrons. The second kappa shape index (κ2) is 6.79. The summed E-state index contributed by atoms with van der Waals surface area (Å²) >= 11 is 0. The zero-order chi connectivity index (χ0) is 11.1. The third-order valence-corrected chi connectivity index (χ3v) is 2.46. The Morgan fingerprint density at radius 1 is 1.36 bits per heavy atom. The van der Waals surface area contributed by atoms with Crippen molar-refractivity contribution < 1.29 is 9.90 Å². The monoisotopic (exact) mass is 202 g/mol. The Bertz CT molecular complexity index is 174. The summed E-state index contributed by atoms with van der Waals surface area (Å²) in [7, 11) is 1.63. The van der Waals surface area contributed by atoms with Crippen molar-refractivity contribution in [1.29, 1.82) is 0 Å². The Kier molecular flexibility index (Phi) is 6.49. The SMILES string of the molecule is CNC(=O)CC(C)NC(C)C(C)CO. The summed E-state index contributed by atoms with van der Waals surface area (Å²) in [6.45, 7) is 6.13. The van der Waals surface area contributed by atoms with E-state index >= 15 is 0 Å². The summed E-state index contributed by atoms with van der Waals surface area (Å²) < 4.78 is 0. The fraction of sp³-hybridized carbons (Fsp3) is 0.900. The lowest BCUT2D eigenvalue weighted by Crippen LogP contribution is -2.41. The number of aliphatic hydroxyl groups is 1. The van der Waals surface area contributed by atoms with Crippen LogP contribution in [0.25, 0.3) is 0 Å². The molecule has 0 spiro atoms. The van der Waals surface area contributed by atoms with E-state index < -0.39 is 0 Å². The van der Waals surface area contributed by atoms with Gasteiger partial charge in [-0.25, -0.2) is 0 Å². The van der Waals surface area contributed by atoms with E-state index in [2.05, 4.69) is 10.6 Å². The lowest BCUT2D eigenvalue weighted by Gasteiger charge is -2.23. The smallest absolute Gasteiger partial charge is 0.221 e. The van der Waals surface area contributed by atoms with Gasteiger partial charge in [-0.05, 0) is 19.8 Å². The van der Waals surface area contributed by atoms with Crippen LogP contribution in [0.1, 0.15) is 27.2 Å². The molecule has 0 aliphatic rings. The quantitative estimate of drug-likeness (QED) is 0.573. The first-order valence-corrected chi connectivity index (χ1v) is 5.08. The minimum absolute atomic E-state index is 0.0360. The molecule has 4 heteroatoms. The first-order valence-electron chi connectivity index (χ1n) is 5.08. The molecule has 3 atom stereocenters. The maximum atomic E-state index is 11.0. The number of hydrogen-bond donors (Lipinski definition) is 3. The molecular weight excluding hydrogens is 180 g/mol. The highest BCUT2D eigenvalue weighted by atomic mass is 16.3. The van der Waals surface area contributed by atoms with Crippen molar-refractivity contribution in [3.05, 3.63) is 0 Å². The first kappa shape index (κ1) is 13.4. The minimum Gasteiger partial charge on any atom is -0.396 e. The van der Waals surface area contributed by atoms with Gasteiger partial charge in [0, 0.05) is 32.2 Å². The molecule has 0 heterocycles. The predicted molar refractivity (Wildman–Crippen MR) is 57.0 cm³/mol. The largest absolute Gasteiger partial charge is 0.396 e. The Hall–Kier alpha value is -0.610. The topological polar surface area (TPSA) is 61.4 Å². The van der Waals surface area contributed by atoms with Crippen LogP contribution in [0.4, 0.5) is 0 Å². The van der Waals surface area contributed by atoms with E-state index in [9.17, 15) is 4.79 Å². The molecule has 0 rings (SSSR count). The fourth-order valence-corrected chi connectivity index (χ4v) is 1.21. The van der Waals surface area contributed by atoms with E-state index in [0.717, 1.165) is 0 Å². The summed E-state index contributed by atoms with van der Waals surface area (Å²) in [5.74, 6) is 0.246. The van der Waals surface area contributed by atoms with Crippen LogP contribution in [0, 0.1) is 5.92 Å². The summed E-state index contributed by atoms with van der Waals surface area (Å²) in [6, 6.07) is 0.360. The Morgan fingerprint density at radius 3 is 2.36 bits per heavy atom. The standard InChI is InChI=1S/C10H22N2O2/c1-7(6-13)9(3)12-8(2)5-10(14)11-4/h7-9,12-13H,5-6H2,1-4H3,(H,11,14). The van der Waals surface area contributed by atoms with Gasteiger partial charge < -0.3 is 15.7 Å². The average molecular weight is 202 g/mol. The highest BCUT2D eigenvalue weighted by Crippen LogP contribution is 2.03. The first-order chi connectivity index (χ1) is 6.51. The van der Waals surface area contributed by atoms with Crippen molar-refractivity contribution in [2.24, 2.45) is 5.92 Å².